The molecule has 0 aliphatic rings. The van der Waals surface area contributed by atoms with Crippen LogP contribution in [0, 0.1) is 0 Å². The molecular formula is C16H27ClN2O. The molecule has 4 heteroatoms. The van der Waals surface area contributed by atoms with Crippen LogP contribution in [0.5, 0.6) is 0 Å². The number of aliphatic hydroxyl groups is 1. The molecular weight excluding hydrogens is 272 g/mol. The van der Waals surface area contributed by atoms with Crippen molar-refractivity contribution < 1.29 is 5.11 Å². The predicted molar refractivity (Wildman–Crippen MR) is 86.3 cm³/mol. The number of hydrogen-bond donors (Lipinski definition) is 2. The standard InChI is InChI=1S/C16H27ClN2O/c1-5-19(12-16(2,3)20)10-9-15(18-4)13-7-6-8-14(17)11-13/h6-8,11,15,18,20H,5,9-10,12H2,1-4H3. The van der Waals surface area contributed by atoms with Crippen molar-refractivity contribution in [1.82, 2.24) is 10.2 Å². The van der Waals surface area contributed by atoms with Crippen molar-refractivity contribution in [3.8, 4) is 0 Å². The van der Waals surface area contributed by atoms with Crippen molar-refractivity contribution in [3.05, 3.63) is 34.9 Å². The van der Waals surface area contributed by atoms with Gasteiger partial charge in [0, 0.05) is 24.2 Å². The summed E-state index contributed by atoms with van der Waals surface area (Å²) >= 11 is 6.05. The van der Waals surface area contributed by atoms with Gasteiger partial charge in [0.15, 0.2) is 0 Å². The van der Waals surface area contributed by atoms with Crippen molar-refractivity contribution in [2.45, 2.75) is 38.8 Å². The van der Waals surface area contributed by atoms with Gasteiger partial charge in [0.2, 0.25) is 0 Å². The van der Waals surface area contributed by atoms with Crippen molar-refractivity contribution in [2.24, 2.45) is 0 Å². The van der Waals surface area contributed by atoms with E-state index in [2.05, 4.69) is 23.2 Å². The van der Waals surface area contributed by atoms with E-state index in [4.69, 9.17) is 11.6 Å². The lowest BCUT2D eigenvalue weighted by Gasteiger charge is -2.29. The van der Waals surface area contributed by atoms with E-state index >= 15 is 0 Å². The van der Waals surface area contributed by atoms with Gasteiger partial charge in [-0.05, 0) is 51.6 Å². The van der Waals surface area contributed by atoms with Gasteiger partial charge < -0.3 is 15.3 Å². The fourth-order valence-corrected chi connectivity index (χ4v) is 2.61. The van der Waals surface area contributed by atoms with Gasteiger partial charge in [0.05, 0.1) is 5.60 Å². The highest BCUT2D eigenvalue weighted by atomic mass is 35.5. The van der Waals surface area contributed by atoms with Crippen LogP contribution < -0.4 is 5.32 Å². The first-order chi connectivity index (χ1) is 9.35. The summed E-state index contributed by atoms with van der Waals surface area (Å²) in [5.41, 5.74) is 0.556. The van der Waals surface area contributed by atoms with Gasteiger partial charge in [-0.1, -0.05) is 30.7 Å². The maximum absolute atomic E-state index is 9.92. The van der Waals surface area contributed by atoms with Crippen LogP contribution in [-0.2, 0) is 0 Å². The van der Waals surface area contributed by atoms with Gasteiger partial charge >= 0.3 is 0 Å². The summed E-state index contributed by atoms with van der Waals surface area (Å²) in [6, 6.07) is 8.26. The van der Waals surface area contributed by atoms with Gasteiger partial charge in [-0.25, -0.2) is 0 Å². The molecule has 1 aromatic rings. The Morgan fingerprint density at radius 2 is 2.10 bits per heavy atom. The topological polar surface area (TPSA) is 35.5 Å². The Hall–Kier alpha value is -0.610. The first-order valence-electron chi connectivity index (χ1n) is 7.23. The number of halogens is 1. The molecule has 0 spiro atoms. The number of benzene rings is 1. The van der Waals surface area contributed by atoms with Crippen molar-refractivity contribution in [2.75, 3.05) is 26.7 Å². The minimum atomic E-state index is -0.652. The number of nitrogens with zero attached hydrogens (tertiary/aromatic N) is 1. The van der Waals surface area contributed by atoms with E-state index in [1.54, 1.807) is 0 Å². The molecule has 0 aromatic heterocycles. The van der Waals surface area contributed by atoms with Gasteiger partial charge in [-0.2, -0.15) is 0 Å². The van der Waals surface area contributed by atoms with Crippen molar-refractivity contribution >= 4 is 11.6 Å². The van der Waals surface area contributed by atoms with Crippen LogP contribution in [-0.4, -0.2) is 42.3 Å². The lowest BCUT2D eigenvalue weighted by molar-refractivity contribution is 0.0367. The van der Waals surface area contributed by atoms with E-state index in [1.807, 2.05) is 39.1 Å². The molecule has 1 aromatic carbocycles. The zero-order chi connectivity index (χ0) is 15.2. The molecule has 2 N–H and O–H groups in total. The average molecular weight is 299 g/mol. The Kier molecular flexibility index (Phi) is 6.96. The molecule has 1 atom stereocenters. The summed E-state index contributed by atoms with van der Waals surface area (Å²) in [5.74, 6) is 0. The first kappa shape index (κ1) is 17.4. The minimum absolute atomic E-state index is 0.282. The number of nitrogens with one attached hydrogen (secondary N) is 1. The lowest BCUT2D eigenvalue weighted by atomic mass is 10.0. The fourth-order valence-electron chi connectivity index (χ4n) is 2.41. The molecule has 114 valence electrons. The molecule has 0 radical (unpaired) electrons. The van der Waals surface area contributed by atoms with Crippen molar-refractivity contribution in [1.29, 1.82) is 0 Å². The molecule has 1 unspecified atom stereocenters. The molecule has 3 nitrogen and oxygen atoms in total. The highest BCUT2D eigenvalue weighted by molar-refractivity contribution is 6.30. The Morgan fingerprint density at radius 1 is 1.40 bits per heavy atom. The summed E-state index contributed by atoms with van der Waals surface area (Å²) in [7, 11) is 1.97. The quantitative estimate of drug-likeness (QED) is 0.774. The largest absolute Gasteiger partial charge is 0.389 e. The second-order valence-electron chi connectivity index (χ2n) is 5.87. The van der Waals surface area contributed by atoms with Crippen LogP contribution in [0.4, 0.5) is 0 Å². The monoisotopic (exact) mass is 298 g/mol. The average Bonchev–Trinajstić information content (AvgIpc) is 2.36. The molecule has 1 rings (SSSR count). The molecule has 0 amide bonds. The highest BCUT2D eigenvalue weighted by Gasteiger charge is 2.18. The third kappa shape index (κ3) is 6.23. The van der Waals surface area contributed by atoms with E-state index in [-0.39, 0.29) is 6.04 Å². The normalized spacial score (nSPS) is 13.8. The third-order valence-electron chi connectivity index (χ3n) is 3.39. The molecule has 20 heavy (non-hydrogen) atoms. The lowest BCUT2D eigenvalue weighted by Crippen LogP contribution is -2.39. The molecule has 0 aliphatic heterocycles. The second-order valence-corrected chi connectivity index (χ2v) is 6.30. The SMILES string of the molecule is CCN(CCC(NC)c1cccc(Cl)c1)CC(C)(C)O. The molecule has 0 heterocycles. The van der Waals surface area contributed by atoms with Crippen LogP contribution in [0.3, 0.4) is 0 Å². The van der Waals surface area contributed by atoms with Gasteiger partial charge in [-0.3, -0.25) is 0 Å². The number of rotatable bonds is 8. The summed E-state index contributed by atoms with van der Waals surface area (Å²) < 4.78 is 0. The van der Waals surface area contributed by atoms with Crippen LogP contribution in [0.15, 0.2) is 24.3 Å². The van der Waals surface area contributed by atoms with E-state index in [0.717, 1.165) is 24.5 Å². The van der Waals surface area contributed by atoms with E-state index in [1.165, 1.54) is 5.56 Å². The summed E-state index contributed by atoms with van der Waals surface area (Å²) in [6.45, 7) is 8.40. The number of likely N-dealkylation sites (N-methyl/N-ethyl adjacent to an activating group) is 1. The third-order valence-corrected chi connectivity index (χ3v) is 3.63. The van der Waals surface area contributed by atoms with Crippen LogP contribution in [0.2, 0.25) is 5.02 Å². The van der Waals surface area contributed by atoms with Crippen LogP contribution in [0.25, 0.3) is 0 Å². The summed E-state index contributed by atoms with van der Waals surface area (Å²) in [4.78, 5) is 2.27. The van der Waals surface area contributed by atoms with E-state index in [0.29, 0.717) is 6.54 Å². The van der Waals surface area contributed by atoms with Gasteiger partial charge in [-0.15, -0.1) is 0 Å². The zero-order valence-corrected chi connectivity index (χ0v) is 13.7. The first-order valence-corrected chi connectivity index (χ1v) is 7.61. The minimum Gasteiger partial charge on any atom is -0.389 e. The van der Waals surface area contributed by atoms with Crippen molar-refractivity contribution in [3.63, 3.8) is 0 Å². The molecule has 0 fully saturated rings. The molecule has 0 saturated carbocycles. The second kappa shape index (κ2) is 7.99. The number of hydrogen-bond acceptors (Lipinski definition) is 3. The zero-order valence-electron chi connectivity index (χ0n) is 13.0. The molecule has 0 bridgehead atoms. The summed E-state index contributed by atoms with van der Waals surface area (Å²) in [5, 5.41) is 14.0. The van der Waals surface area contributed by atoms with Gasteiger partial charge in [0.1, 0.15) is 0 Å². The fraction of sp³-hybridized carbons (Fsp3) is 0.625. The summed E-state index contributed by atoms with van der Waals surface area (Å²) in [6.07, 6.45) is 0.987. The Labute approximate surface area is 127 Å². The van der Waals surface area contributed by atoms with E-state index in [9.17, 15) is 5.11 Å². The predicted octanol–water partition coefficient (Wildman–Crippen LogP) is 3.08. The molecule has 0 saturated heterocycles. The van der Waals surface area contributed by atoms with E-state index < -0.39 is 5.60 Å². The Morgan fingerprint density at radius 3 is 2.60 bits per heavy atom. The molecule has 0 aliphatic carbocycles. The Bertz CT molecular complexity index is 404. The maximum Gasteiger partial charge on any atom is 0.0718 e. The van der Waals surface area contributed by atoms with Gasteiger partial charge in [0.25, 0.3) is 0 Å². The van der Waals surface area contributed by atoms with Crippen LogP contribution >= 0.6 is 11.6 Å². The maximum atomic E-state index is 9.92. The smallest absolute Gasteiger partial charge is 0.0718 e. The van der Waals surface area contributed by atoms with Crippen LogP contribution in [0.1, 0.15) is 38.8 Å². The Balaban J connectivity index is 2.60. The highest BCUT2D eigenvalue weighted by Crippen LogP contribution is 2.20.